The molecule has 34 heavy (non-hydrogen) atoms. The van der Waals surface area contributed by atoms with Crippen LogP contribution in [0.2, 0.25) is 0 Å². The number of carbonyl (C=O) groups is 2. The Morgan fingerprint density at radius 3 is 2.59 bits per heavy atom. The number of carboxylic acid groups (broad SMARTS) is 1. The van der Waals surface area contributed by atoms with Crippen LogP contribution in [0.1, 0.15) is 71.1 Å². The van der Waals surface area contributed by atoms with Crippen molar-refractivity contribution in [2.75, 3.05) is 14.2 Å². The lowest BCUT2D eigenvalue weighted by Crippen LogP contribution is -2.58. The molecule has 4 aliphatic rings. The van der Waals surface area contributed by atoms with Gasteiger partial charge >= 0.3 is 5.97 Å². The van der Waals surface area contributed by atoms with Crippen LogP contribution in [0, 0.1) is 23.7 Å². The number of carbonyl (C=O) groups excluding carboxylic acids is 1. The molecular weight excluding hydrogens is 458 g/mol. The van der Waals surface area contributed by atoms with E-state index in [-0.39, 0.29) is 54.3 Å². The fraction of sp³-hybridized carbons (Fsp3) is 0.880. The van der Waals surface area contributed by atoms with E-state index >= 15 is 0 Å². The highest BCUT2D eigenvalue weighted by Crippen LogP contribution is 2.43. The SMILES string of the molecule is COC1CCC(C2=NN(C(=O)CCC(=O)O)C(C3CC4CCCC(C)C4NC3Cl)C2)CC1OC. The number of alkyl halides is 1. The minimum atomic E-state index is -0.970. The number of amides is 1. The lowest BCUT2D eigenvalue weighted by Gasteiger charge is -2.48. The molecule has 2 saturated carbocycles. The van der Waals surface area contributed by atoms with Crippen molar-refractivity contribution in [3.63, 3.8) is 0 Å². The minimum Gasteiger partial charge on any atom is -0.481 e. The Hall–Kier alpha value is -1.22. The Morgan fingerprint density at radius 2 is 1.88 bits per heavy atom. The van der Waals surface area contributed by atoms with Crippen LogP contribution in [0.3, 0.4) is 0 Å². The summed E-state index contributed by atoms with van der Waals surface area (Å²) in [6.45, 7) is 2.30. The van der Waals surface area contributed by atoms with Gasteiger partial charge in [-0.05, 0) is 50.4 Å². The van der Waals surface area contributed by atoms with E-state index in [9.17, 15) is 9.59 Å². The molecule has 3 fully saturated rings. The summed E-state index contributed by atoms with van der Waals surface area (Å²) < 4.78 is 11.3. The maximum atomic E-state index is 13.1. The van der Waals surface area contributed by atoms with Crippen LogP contribution in [0.5, 0.6) is 0 Å². The third kappa shape index (κ3) is 5.45. The zero-order valence-corrected chi connectivity index (χ0v) is 21.4. The Morgan fingerprint density at radius 1 is 1.12 bits per heavy atom. The number of piperidine rings is 1. The number of ether oxygens (including phenoxy) is 2. The van der Waals surface area contributed by atoms with E-state index in [0.29, 0.717) is 24.3 Å². The van der Waals surface area contributed by atoms with Gasteiger partial charge in [-0.15, -0.1) is 11.6 Å². The molecule has 2 aliphatic heterocycles. The first-order chi connectivity index (χ1) is 16.3. The maximum absolute atomic E-state index is 13.1. The van der Waals surface area contributed by atoms with Crippen molar-refractivity contribution in [2.24, 2.45) is 28.8 Å². The molecule has 0 aromatic rings. The summed E-state index contributed by atoms with van der Waals surface area (Å²) >= 11 is 6.93. The van der Waals surface area contributed by atoms with E-state index in [4.69, 9.17) is 31.3 Å². The van der Waals surface area contributed by atoms with Crippen molar-refractivity contribution in [1.82, 2.24) is 10.3 Å². The quantitative estimate of drug-likeness (QED) is 0.411. The normalized spacial score (nSPS) is 40.5. The highest BCUT2D eigenvalue weighted by Gasteiger charge is 2.48. The number of hydrogen-bond acceptors (Lipinski definition) is 6. The zero-order chi connectivity index (χ0) is 24.4. The molecule has 4 rings (SSSR count). The number of halogens is 1. The van der Waals surface area contributed by atoms with Crippen molar-refractivity contribution in [2.45, 2.75) is 101 Å². The third-order valence-corrected chi connectivity index (χ3v) is 9.19. The van der Waals surface area contributed by atoms with Gasteiger partial charge in [0, 0.05) is 50.7 Å². The molecule has 1 amide bonds. The van der Waals surface area contributed by atoms with Gasteiger partial charge in [0.05, 0.1) is 30.2 Å². The standard InChI is InChI=1S/C25H40ClN3O5/c1-14-5-4-6-16-11-17(25(26)27-24(14)16)19-13-18(28-29(19)22(30)9-10-23(31)32)15-7-8-20(33-2)21(12-15)34-3/h14-17,19-21,24-25,27H,4-13H2,1-3H3,(H,31,32). The molecule has 8 nitrogen and oxygen atoms in total. The molecule has 192 valence electrons. The second-order valence-corrected chi connectivity index (χ2v) is 11.2. The smallest absolute Gasteiger partial charge is 0.303 e. The second-order valence-electron chi connectivity index (χ2n) is 10.7. The third-order valence-electron chi connectivity index (χ3n) is 8.74. The number of rotatable bonds is 7. The van der Waals surface area contributed by atoms with Crippen LogP contribution in [-0.4, -0.2) is 71.7 Å². The molecule has 9 atom stereocenters. The van der Waals surface area contributed by atoms with E-state index in [1.807, 2.05) is 0 Å². The first-order valence-corrected chi connectivity index (χ1v) is 13.3. The van der Waals surface area contributed by atoms with Crippen molar-refractivity contribution < 1.29 is 24.2 Å². The molecular formula is C25H40ClN3O5. The molecule has 0 aromatic heterocycles. The average molecular weight is 498 g/mol. The van der Waals surface area contributed by atoms with Crippen molar-refractivity contribution in [3.05, 3.63) is 0 Å². The van der Waals surface area contributed by atoms with Gasteiger partial charge in [-0.2, -0.15) is 5.10 Å². The van der Waals surface area contributed by atoms with E-state index in [2.05, 4.69) is 12.2 Å². The number of fused-ring (bicyclic) bond motifs is 1. The van der Waals surface area contributed by atoms with E-state index < -0.39 is 5.97 Å². The fourth-order valence-electron chi connectivity index (χ4n) is 6.85. The molecule has 0 aromatic carbocycles. The molecule has 2 heterocycles. The number of carboxylic acids is 1. The lowest BCUT2D eigenvalue weighted by atomic mass is 9.69. The molecule has 0 spiro atoms. The number of nitrogens with one attached hydrogen (secondary N) is 1. The first-order valence-electron chi connectivity index (χ1n) is 12.9. The highest BCUT2D eigenvalue weighted by atomic mass is 35.5. The molecule has 2 N–H and O–H groups in total. The molecule has 1 saturated heterocycles. The molecule has 0 radical (unpaired) electrons. The molecule has 9 heteroatoms. The predicted octanol–water partition coefficient (Wildman–Crippen LogP) is 3.62. The number of methoxy groups -OCH3 is 2. The van der Waals surface area contributed by atoms with Gasteiger partial charge in [0.1, 0.15) is 0 Å². The number of hydrazone groups is 1. The highest BCUT2D eigenvalue weighted by molar-refractivity contribution is 6.20. The maximum Gasteiger partial charge on any atom is 0.303 e. The molecule has 9 unspecified atom stereocenters. The van der Waals surface area contributed by atoms with E-state index in [1.165, 1.54) is 19.3 Å². The van der Waals surface area contributed by atoms with Crippen molar-refractivity contribution in [3.8, 4) is 0 Å². The second kappa shape index (κ2) is 11.2. The number of nitrogens with zero attached hydrogens (tertiary/aromatic N) is 2. The van der Waals surface area contributed by atoms with Crippen molar-refractivity contribution >= 4 is 29.2 Å². The molecule has 0 bridgehead atoms. The van der Waals surface area contributed by atoms with Crippen molar-refractivity contribution in [1.29, 1.82) is 0 Å². The summed E-state index contributed by atoms with van der Waals surface area (Å²) in [5, 5.41) is 19.2. The molecule has 2 aliphatic carbocycles. The van der Waals surface area contributed by atoms with Gasteiger partial charge in [0.2, 0.25) is 5.91 Å². The topological polar surface area (TPSA) is 100 Å². The van der Waals surface area contributed by atoms with Crippen LogP contribution in [0.15, 0.2) is 5.10 Å². The van der Waals surface area contributed by atoms with E-state index in [1.54, 1.807) is 19.2 Å². The number of hydrogen-bond donors (Lipinski definition) is 2. The van der Waals surface area contributed by atoms with Crippen LogP contribution in [-0.2, 0) is 19.1 Å². The Labute approximate surface area is 207 Å². The summed E-state index contributed by atoms with van der Waals surface area (Å²) in [7, 11) is 3.44. The van der Waals surface area contributed by atoms with E-state index in [0.717, 1.165) is 31.4 Å². The first kappa shape index (κ1) is 25.9. The van der Waals surface area contributed by atoms with Gasteiger partial charge < -0.3 is 14.6 Å². The summed E-state index contributed by atoms with van der Waals surface area (Å²) in [5.74, 6) is 0.271. The van der Waals surface area contributed by atoms with Crippen LogP contribution >= 0.6 is 11.6 Å². The van der Waals surface area contributed by atoms with Gasteiger partial charge in [0.15, 0.2) is 0 Å². The zero-order valence-electron chi connectivity index (χ0n) is 20.6. The Bertz CT molecular complexity index is 780. The summed E-state index contributed by atoms with van der Waals surface area (Å²) in [5.41, 5.74) is 0.792. The van der Waals surface area contributed by atoms with Gasteiger partial charge in [-0.1, -0.05) is 13.3 Å². The van der Waals surface area contributed by atoms with Crippen LogP contribution < -0.4 is 5.32 Å². The summed E-state index contributed by atoms with van der Waals surface area (Å²) in [6, 6.07) is 0.294. The van der Waals surface area contributed by atoms with Gasteiger partial charge in [-0.3, -0.25) is 14.9 Å². The largest absolute Gasteiger partial charge is 0.481 e. The monoisotopic (exact) mass is 497 g/mol. The summed E-state index contributed by atoms with van der Waals surface area (Å²) in [6.07, 6.45) is 7.81. The van der Waals surface area contributed by atoms with Gasteiger partial charge in [0.25, 0.3) is 0 Å². The fourth-order valence-corrected chi connectivity index (χ4v) is 7.26. The van der Waals surface area contributed by atoms with Crippen LogP contribution in [0.25, 0.3) is 0 Å². The van der Waals surface area contributed by atoms with Crippen LogP contribution in [0.4, 0.5) is 0 Å². The summed E-state index contributed by atoms with van der Waals surface area (Å²) in [4.78, 5) is 24.3. The Kier molecular flexibility index (Phi) is 8.54. The minimum absolute atomic E-state index is 0.00303. The van der Waals surface area contributed by atoms with Gasteiger partial charge in [-0.25, -0.2) is 5.01 Å². The Balaban J connectivity index is 1.52. The predicted molar refractivity (Wildman–Crippen MR) is 130 cm³/mol. The lowest BCUT2D eigenvalue weighted by molar-refractivity contribution is -0.142. The number of aliphatic carboxylic acids is 1. The average Bonchev–Trinajstić information content (AvgIpc) is 3.27.